The van der Waals surface area contributed by atoms with E-state index in [-0.39, 0.29) is 11.5 Å². The van der Waals surface area contributed by atoms with E-state index in [4.69, 9.17) is 0 Å². The van der Waals surface area contributed by atoms with Gasteiger partial charge in [0.25, 0.3) is 5.56 Å². The number of aromatic nitrogens is 2. The van der Waals surface area contributed by atoms with Crippen LogP contribution < -0.4 is 10.5 Å². The summed E-state index contributed by atoms with van der Waals surface area (Å²) in [4.78, 5) is 31.4. The van der Waals surface area contributed by atoms with Crippen molar-refractivity contribution in [2.75, 3.05) is 31.1 Å². The second kappa shape index (κ2) is 8.87. The number of nitrogens with zero attached hydrogens (tertiary/aromatic N) is 4. The molecule has 1 fully saturated rings. The molecule has 3 heterocycles. The Balaban J connectivity index is 1.43. The molecule has 4 aromatic rings. The van der Waals surface area contributed by atoms with Gasteiger partial charge in [0.15, 0.2) is 0 Å². The van der Waals surface area contributed by atoms with Crippen molar-refractivity contribution in [1.82, 2.24) is 14.7 Å². The number of anilines is 1. The van der Waals surface area contributed by atoms with E-state index in [1.54, 1.807) is 11.3 Å². The van der Waals surface area contributed by atoms with Crippen molar-refractivity contribution in [3.63, 3.8) is 0 Å². The smallest absolute Gasteiger partial charge is 0.276 e. The monoisotopic (exact) mass is 474 g/mol. The molecule has 1 atom stereocenters. The zero-order chi connectivity index (χ0) is 24.0. The molecule has 34 heavy (non-hydrogen) atoms. The standard InChI is InChI=1S/C27H30N4O2S/c1-5-21(26(32)30-14-12-29(13-15-30)22-16-17(2)10-11-18(22)3)31-27(33)24-20-8-6-7-9-23(20)34-25(24)19(4)28-31/h6-11,16,21H,5,12-15H2,1-4H3. The molecule has 1 unspecified atom stereocenters. The van der Waals surface area contributed by atoms with Crippen LogP contribution in [0.4, 0.5) is 5.69 Å². The maximum atomic E-state index is 13.6. The number of fused-ring (bicyclic) bond motifs is 3. The lowest BCUT2D eigenvalue weighted by Gasteiger charge is -2.38. The van der Waals surface area contributed by atoms with Crippen molar-refractivity contribution in [2.24, 2.45) is 0 Å². The Labute approximate surface area is 203 Å². The van der Waals surface area contributed by atoms with Gasteiger partial charge in [0, 0.05) is 42.0 Å². The lowest BCUT2D eigenvalue weighted by Crippen LogP contribution is -2.51. The van der Waals surface area contributed by atoms with E-state index in [0.29, 0.717) is 24.9 Å². The Morgan fingerprint density at radius 1 is 1.06 bits per heavy atom. The fourth-order valence-corrected chi connectivity index (χ4v) is 6.12. The molecule has 6 nitrogen and oxygen atoms in total. The molecule has 0 spiro atoms. The molecule has 0 N–H and O–H groups in total. The summed E-state index contributed by atoms with van der Waals surface area (Å²) in [6, 6.07) is 13.8. The number of benzene rings is 2. The fourth-order valence-electron chi connectivity index (χ4n) is 4.98. The number of hydrogen-bond donors (Lipinski definition) is 0. The van der Waals surface area contributed by atoms with Gasteiger partial charge in [-0.15, -0.1) is 11.3 Å². The highest BCUT2D eigenvalue weighted by Crippen LogP contribution is 2.33. The molecule has 2 aromatic heterocycles. The molecule has 2 aromatic carbocycles. The third-order valence-corrected chi connectivity index (χ3v) is 8.15. The molecule has 176 valence electrons. The number of piperazine rings is 1. The van der Waals surface area contributed by atoms with E-state index in [2.05, 4.69) is 42.0 Å². The van der Waals surface area contributed by atoms with Crippen molar-refractivity contribution < 1.29 is 4.79 Å². The molecule has 1 saturated heterocycles. The Morgan fingerprint density at radius 3 is 2.53 bits per heavy atom. The molecule has 0 saturated carbocycles. The molecule has 0 bridgehead atoms. The number of carbonyl (C=O) groups is 1. The fraction of sp³-hybridized carbons (Fsp3) is 0.370. The quantitative estimate of drug-likeness (QED) is 0.425. The predicted octanol–water partition coefficient (Wildman–Crippen LogP) is 4.84. The Kier molecular flexibility index (Phi) is 5.90. The average molecular weight is 475 g/mol. The first-order valence-corrected chi connectivity index (χ1v) is 12.7. The minimum Gasteiger partial charge on any atom is -0.368 e. The highest BCUT2D eigenvalue weighted by atomic mass is 32.1. The first-order chi connectivity index (χ1) is 16.4. The summed E-state index contributed by atoms with van der Waals surface area (Å²) < 4.78 is 3.42. The van der Waals surface area contributed by atoms with E-state index in [0.717, 1.165) is 33.6 Å². The van der Waals surface area contributed by atoms with Crippen molar-refractivity contribution >= 4 is 43.1 Å². The normalized spacial score (nSPS) is 15.3. The summed E-state index contributed by atoms with van der Waals surface area (Å²) in [6.45, 7) is 10.9. The average Bonchev–Trinajstić information content (AvgIpc) is 3.25. The van der Waals surface area contributed by atoms with E-state index in [1.807, 2.05) is 43.0 Å². The number of thiophene rings is 1. The second-order valence-corrected chi connectivity index (χ2v) is 10.2. The van der Waals surface area contributed by atoms with Gasteiger partial charge < -0.3 is 9.80 Å². The highest BCUT2D eigenvalue weighted by Gasteiger charge is 2.30. The van der Waals surface area contributed by atoms with Gasteiger partial charge in [-0.2, -0.15) is 5.10 Å². The van der Waals surface area contributed by atoms with Crippen LogP contribution in [0.5, 0.6) is 0 Å². The largest absolute Gasteiger partial charge is 0.368 e. The maximum Gasteiger partial charge on any atom is 0.276 e. The van der Waals surface area contributed by atoms with Gasteiger partial charge in [-0.25, -0.2) is 4.68 Å². The number of hydrogen-bond acceptors (Lipinski definition) is 5. The van der Waals surface area contributed by atoms with Gasteiger partial charge in [0.1, 0.15) is 6.04 Å². The van der Waals surface area contributed by atoms with Crippen molar-refractivity contribution in [3.05, 3.63) is 69.6 Å². The first kappa shape index (κ1) is 22.6. The van der Waals surface area contributed by atoms with Crippen LogP contribution in [0.25, 0.3) is 20.2 Å². The molecule has 1 amide bonds. The van der Waals surface area contributed by atoms with Crippen molar-refractivity contribution in [3.8, 4) is 0 Å². The molecule has 1 aliphatic rings. The topological polar surface area (TPSA) is 58.4 Å². The third kappa shape index (κ3) is 3.78. The SMILES string of the molecule is CCC(C(=O)N1CCN(c2cc(C)ccc2C)CC1)n1nc(C)c2sc3ccccc3c2c1=O. The predicted molar refractivity (Wildman–Crippen MR) is 140 cm³/mol. The first-order valence-electron chi connectivity index (χ1n) is 11.9. The van der Waals surface area contributed by atoms with Crippen LogP contribution >= 0.6 is 11.3 Å². The zero-order valence-electron chi connectivity index (χ0n) is 20.2. The van der Waals surface area contributed by atoms with Gasteiger partial charge in [-0.1, -0.05) is 37.3 Å². The summed E-state index contributed by atoms with van der Waals surface area (Å²) >= 11 is 1.59. The minimum atomic E-state index is -0.596. The van der Waals surface area contributed by atoms with Gasteiger partial charge >= 0.3 is 0 Å². The van der Waals surface area contributed by atoms with Crippen LogP contribution in [0, 0.1) is 20.8 Å². The molecule has 5 rings (SSSR count). The summed E-state index contributed by atoms with van der Waals surface area (Å²) in [5, 5.41) is 6.24. The zero-order valence-corrected chi connectivity index (χ0v) is 21.0. The summed E-state index contributed by atoms with van der Waals surface area (Å²) in [7, 11) is 0. The van der Waals surface area contributed by atoms with Crippen molar-refractivity contribution in [1.29, 1.82) is 0 Å². The highest BCUT2D eigenvalue weighted by molar-refractivity contribution is 7.26. The minimum absolute atomic E-state index is 0.0176. The molecular weight excluding hydrogens is 444 g/mol. The van der Waals surface area contributed by atoms with Gasteiger partial charge in [0.2, 0.25) is 5.91 Å². The van der Waals surface area contributed by atoms with E-state index in [1.165, 1.54) is 21.5 Å². The number of rotatable bonds is 4. The summed E-state index contributed by atoms with van der Waals surface area (Å²) in [5.74, 6) is -0.0176. The van der Waals surface area contributed by atoms with Crippen LogP contribution in [0.3, 0.4) is 0 Å². The Hall–Kier alpha value is -3.19. The lowest BCUT2D eigenvalue weighted by molar-refractivity contribution is -0.135. The van der Waals surface area contributed by atoms with E-state index >= 15 is 0 Å². The summed E-state index contributed by atoms with van der Waals surface area (Å²) in [6.07, 6.45) is 0.524. The number of amides is 1. The Bertz CT molecular complexity index is 1450. The lowest BCUT2D eigenvalue weighted by atomic mass is 10.1. The van der Waals surface area contributed by atoms with E-state index in [9.17, 15) is 9.59 Å². The van der Waals surface area contributed by atoms with Crippen LogP contribution in [0.2, 0.25) is 0 Å². The molecule has 0 radical (unpaired) electrons. The van der Waals surface area contributed by atoms with Gasteiger partial charge in [-0.3, -0.25) is 9.59 Å². The van der Waals surface area contributed by atoms with Gasteiger partial charge in [0.05, 0.1) is 15.8 Å². The van der Waals surface area contributed by atoms with Crippen molar-refractivity contribution in [2.45, 2.75) is 40.2 Å². The molecule has 1 aliphatic heterocycles. The molecule has 7 heteroatoms. The third-order valence-electron chi connectivity index (χ3n) is 6.87. The maximum absolute atomic E-state index is 13.6. The van der Waals surface area contributed by atoms with Crippen LogP contribution in [0.1, 0.15) is 36.2 Å². The van der Waals surface area contributed by atoms with Crippen LogP contribution in [-0.2, 0) is 4.79 Å². The van der Waals surface area contributed by atoms with Crippen LogP contribution in [-0.4, -0.2) is 46.8 Å². The van der Waals surface area contributed by atoms with E-state index < -0.39 is 6.04 Å². The molecular formula is C27H30N4O2S. The van der Waals surface area contributed by atoms with Crippen LogP contribution in [0.15, 0.2) is 47.3 Å². The number of carbonyl (C=O) groups excluding carboxylic acids is 1. The Morgan fingerprint density at radius 2 is 1.79 bits per heavy atom. The van der Waals surface area contributed by atoms with Gasteiger partial charge in [-0.05, 0) is 50.5 Å². The number of aryl methyl sites for hydroxylation is 3. The summed E-state index contributed by atoms with van der Waals surface area (Å²) in [5.41, 5.74) is 4.35. The molecule has 0 aliphatic carbocycles. The second-order valence-electron chi connectivity index (χ2n) is 9.16.